The normalized spacial score (nSPS) is 16.3. The van der Waals surface area contributed by atoms with E-state index in [1.165, 1.54) is 6.33 Å². The van der Waals surface area contributed by atoms with Gasteiger partial charge < -0.3 is 4.90 Å². The second-order valence-electron chi connectivity index (χ2n) is 5.20. The molecule has 3 heterocycles. The van der Waals surface area contributed by atoms with Crippen LogP contribution in [0.3, 0.4) is 0 Å². The highest BCUT2D eigenvalue weighted by Crippen LogP contribution is 2.08. The lowest BCUT2D eigenvalue weighted by atomic mass is 10.2. The van der Waals surface area contributed by atoms with Gasteiger partial charge in [0.15, 0.2) is 0 Å². The van der Waals surface area contributed by atoms with Gasteiger partial charge in [-0.3, -0.25) is 19.9 Å². The van der Waals surface area contributed by atoms with Gasteiger partial charge in [0.25, 0.3) is 0 Å². The van der Waals surface area contributed by atoms with Crippen LogP contribution in [0.15, 0.2) is 18.7 Å². The van der Waals surface area contributed by atoms with Gasteiger partial charge in [-0.2, -0.15) is 10.2 Å². The van der Waals surface area contributed by atoms with Crippen LogP contribution in [0, 0.1) is 0 Å². The van der Waals surface area contributed by atoms with Gasteiger partial charge in [-0.1, -0.05) is 0 Å². The molecule has 0 unspecified atom stereocenters. The van der Waals surface area contributed by atoms with E-state index in [0.29, 0.717) is 6.42 Å². The van der Waals surface area contributed by atoms with E-state index in [1.54, 1.807) is 6.20 Å². The molecule has 0 radical (unpaired) electrons. The minimum Gasteiger partial charge on any atom is -0.340 e. The third-order valence-electron chi connectivity index (χ3n) is 3.75. The van der Waals surface area contributed by atoms with E-state index in [4.69, 9.17) is 0 Å². The third-order valence-corrected chi connectivity index (χ3v) is 3.75. The molecule has 1 amide bonds. The number of nitrogens with zero attached hydrogens (tertiary/aromatic N) is 5. The van der Waals surface area contributed by atoms with E-state index in [1.807, 2.05) is 11.1 Å². The predicted molar refractivity (Wildman–Crippen MR) is 75.1 cm³/mol. The fourth-order valence-corrected chi connectivity index (χ4v) is 2.50. The van der Waals surface area contributed by atoms with Crippen molar-refractivity contribution in [2.45, 2.75) is 19.4 Å². The Hall–Kier alpha value is -2.22. The van der Waals surface area contributed by atoms with Crippen molar-refractivity contribution in [3.8, 4) is 0 Å². The quantitative estimate of drug-likeness (QED) is 0.795. The minimum absolute atomic E-state index is 0.218. The van der Waals surface area contributed by atoms with E-state index in [2.05, 4.69) is 30.3 Å². The molecule has 0 atom stereocenters. The molecule has 1 saturated heterocycles. The number of nitrogens with one attached hydrogen (secondary N) is 2. The molecule has 1 aliphatic heterocycles. The van der Waals surface area contributed by atoms with Crippen LogP contribution < -0.4 is 0 Å². The Labute approximate surface area is 122 Å². The molecule has 0 aliphatic carbocycles. The number of hydrogen-bond donors (Lipinski definition) is 2. The van der Waals surface area contributed by atoms with Crippen LogP contribution in [0.5, 0.6) is 0 Å². The lowest BCUT2D eigenvalue weighted by Crippen LogP contribution is -2.48. The summed E-state index contributed by atoms with van der Waals surface area (Å²) >= 11 is 0. The number of piperazine rings is 1. The average Bonchev–Trinajstić information content (AvgIpc) is 3.19. The molecule has 1 fully saturated rings. The van der Waals surface area contributed by atoms with Crippen molar-refractivity contribution in [1.29, 1.82) is 0 Å². The van der Waals surface area contributed by atoms with Crippen LogP contribution >= 0.6 is 0 Å². The number of amides is 1. The van der Waals surface area contributed by atoms with E-state index in [-0.39, 0.29) is 5.91 Å². The van der Waals surface area contributed by atoms with Crippen molar-refractivity contribution in [2.24, 2.45) is 0 Å². The molecular weight excluding hydrogens is 270 g/mol. The van der Waals surface area contributed by atoms with Crippen LogP contribution in [-0.4, -0.2) is 67.3 Å². The van der Waals surface area contributed by atoms with E-state index in [0.717, 1.165) is 50.5 Å². The fourth-order valence-electron chi connectivity index (χ4n) is 2.50. The molecular formula is C13H19N7O. The molecule has 21 heavy (non-hydrogen) atoms. The summed E-state index contributed by atoms with van der Waals surface area (Å²) in [6.07, 6.45) is 6.41. The predicted octanol–water partition coefficient (Wildman–Crippen LogP) is -0.195. The summed E-state index contributed by atoms with van der Waals surface area (Å²) in [6, 6.07) is 0. The maximum absolute atomic E-state index is 12.2. The number of aryl methyl sites for hydroxylation is 1. The summed E-state index contributed by atoms with van der Waals surface area (Å²) in [5.41, 5.74) is 1.08. The molecule has 0 aromatic carbocycles. The zero-order valence-corrected chi connectivity index (χ0v) is 11.8. The lowest BCUT2D eigenvalue weighted by Gasteiger charge is -2.34. The van der Waals surface area contributed by atoms with Gasteiger partial charge in [-0.15, -0.1) is 0 Å². The topological polar surface area (TPSA) is 93.8 Å². The molecule has 3 rings (SSSR count). The Morgan fingerprint density at radius 2 is 2.10 bits per heavy atom. The number of aromatic nitrogens is 5. The summed E-state index contributed by atoms with van der Waals surface area (Å²) in [4.78, 5) is 20.5. The minimum atomic E-state index is 0.218. The number of carbonyl (C=O) groups is 1. The van der Waals surface area contributed by atoms with Gasteiger partial charge in [-0.05, 0) is 12.0 Å². The van der Waals surface area contributed by atoms with Crippen molar-refractivity contribution in [1.82, 2.24) is 35.2 Å². The smallest absolute Gasteiger partial charge is 0.222 e. The molecule has 2 N–H and O–H groups in total. The SMILES string of the molecule is O=C(CCc1cn[nH]c1)N1CCN(Cc2ncn[nH]2)CC1. The number of aromatic amines is 2. The standard InChI is InChI=1S/C13H19N7O/c21-13(2-1-11-7-15-16-8-11)20-5-3-19(4-6-20)9-12-14-10-17-18-12/h7-8,10H,1-6,9H2,(H,15,16)(H,14,17,18). The molecule has 0 saturated carbocycles. The van der Waals surface area contributed by atoms with Crippen molar-refractivity contribution < 1.29 is 4.79 Å². The summed E-state index contributed by atoms with van der Waals surface area (Å²) in [5.74, 6) is 1.09. The third kappa shape index (κ3) is 3.66. The first-order chi connectivity index (χ1) is 10.3. The fraction of sp³-hybridized carbons (Fsp3) is 0.538. The number of hydrogen-bond acceptors (Lipinski definition) is 5. The summed E-state index contributed by atoms with van der Waals surface area (Å²) in [7, 11) is 0. The zero-order valence-electron chi connectivity index (χ0n) is 11.8. The van der Waals surface area contributed by atoms with E-state index in [9.17, 15) is 4.79 Å². The van der Waals surface area contributed by atoms with Crippen LogP contribution in [0.1, 0.15) is 17.8 Å². The summed E-state index contributed by atoms with van der Waals surface area (Å²) < 4.78 is 0. The number of carbonyl (C=O) groups excluding carboxylic acids is 1. The summed E-state index contributed by atoms with van der Waals surface area (Å²) in [6.45, 7) is 4.06. The largest absolute Gasteiger partial charge is 0.340 e. The highest BCUT2D eigenvalue weighted by atomic mass is 16.2. The Morgan fingerprint density at radius 1 is 1.24 bits per heavy atom. The molecule has 8 heteroatoms. The van der Waals surface area contributed by atoms with Crippen molar-refractivity contribution >= 4 is 5.91 Å². The van der Waals surface area contributed by atoms with Crippen LogP contribution in [0.4, 0.5) is 0 Å². The van der Waals surface area contributed by atoms with E-state index < -0.39 is 0 Å². The Kier molecular flexibility index (Phi) is 4.25. The Balaban J connectivity index is 1.41. The van der Waals surface area contributed by atoms with Gasteiger partial charge >= 0.3 is 0 Å². The number of H-pyrrole nitrogens is 2. The highest BCUT2D eigenvalue weighted by molar-refractivity contribution is 5.76. The van der Waals surface area contributed by atoms with Gasteiger partial charge in [0.05, 0.1) is 12.7 Å². The molecule has 112 valence electrons. The molecule has 8 nitrogen and oxygen atoms in total. The van der Waals surface area contributed by atoms with Crippen molar-refractivity contribution in [2.75, 3.05) is 26.2 Å². The zero-order chi connectivity index (χ0) is 14.5. The van der Waals surface area contributed by atoms with Crippen molar-refractivity contribution in [3.63, 3.8) is 0 Å². The molecule has 2 aromatic rings. The molecule has 2 aromatic heterocycles. The first-order valence-corrected chi connectivity index (χ1v) is 7.13. The van der Waals surface area contributed by atoms with Crippen LogP contribution in [0.2, 0.25) is 0 Å². The van der Waals surface area contributed by atoms with Gasteiger partial charge in [0, 0.05) is 38.8 Å². The highest BCUT2D eigenvalue weighted by Gasteiger charge is 2.21. The maximum atomic E-state index is 12.2. The molecule has 0 bridgehead atoms. The first kappa shape index (κ1) is 13.7. The first-order valence-electron chi connectivity index (χ1n) is 7.13. The molecule has 0 spiro atoms. The lowest BCUT2D eigenvalue weighted by molar-refractivity contribution is -0.133. The van der Waals surface area contributed by atoms with Crippen LogP contribution in [-0.2, 0) is 17.8 Å². The van der Waals surface area contributed by atoms with Gasteiger partial charge in [-0.25, -0.2) is 4.98 Å². The summed E-state index contributed by atoms with van der Waals surface area (Å²) in [5, 5.41) is 13.4. The second kappa shape index (κ2) is 6.49. The van der Waals surface area contributed by atoms with E-state index >= 15 is 0 Å². The Bertz CT molecular complexity index is 543. The average molecular weight is 289 g/mol. The van der Waals surface area contributed by atoms with Crippen molar-refractivity contribution in [3.05, 3.63) is 30.1 Å². The number of rotatable bonds is 5. The van der Waals surface area contributed by atoms with Gasteiger partial charge in [0.1, 0.15) is 12.2 Å². The molecule has 1 aliphatic rings. The van der Waals surface area contributed by atoms with Crippen LogP contribution in [0.25, 0.3) is 0 Å². The monoisotopic (exact) mass is 289 g/mol. The second-order valence-corrected chi connectivity index (χ2v) is 5.20. The van der Waals surface area contributed by atoms with Gasteiger partial charge in [0.2, 0.25) is 5.91 Å². The Morgan fingerprint density at radius 3 is 2.76 bits per heavy atom. The maximum Gasteiger partial charge on any atom is 0.222 e.